The second-order valence-electron chi connectivity index (χ2n) is 8.97. The lowest BCUT2D eigenvalue weighted by Crippen LogP contribution is -2.33. The summed E-state index contributed by atoms with van der Waals surface area (Å²) in [6, 6.07) is 16.0. The van der Waals surface area contributed by atoms with Gasteiger partial charge in [-0.1, -0.05) is 36.4 Å². The molecule has 0 saturated heterocycles. The van der Waals surface area contributed by atoms with Crippen molar-refractivity contribution in [2.45, 2.75) is 19.9 Å². The standard InChI is InChI=1S/C29H23N7O2S/c1-18-24(27-31-14-7-15-35(27)34-18)28(37)32-19(2)26-33-23-11-6-8-20(12-13-22-16-30-17-39-22)25(23)29(38)36(26)21-9-4-3-5-10-21/h3-17,19H,1-2H3,(H,32,37)/b13-12+. The Balaban J connectivity index is 1.47. The van der Waals surface area contributed by atoms with E-state index in [1.807, 2.05) is 67.6 Å². The Morgan fingerprint density at radius 1 is 1.08 bits per heavy atom. The van der Waals surface area contributed by atoms with Crippen LogP contribution in [-0.2, 0) is 0 Å². The van der Waals surface area contributed by atoms with E-state index in [1.165, 1.54) is 11.3 Å². The zero-order valence-electron chi connectivity index (χ0n) is 21.1. The van der Waals surface area contributed by atoms with Crippen LogP contribution < -0.4 is 10.9 Å². The number of fused-ring (bicyclic) bond motifs is 2. The SMILES string of the molecule is Cc1nn2cccnc2c1C(=O)NC(C)c1nc2cccc(/C=C/c3cncs3)c2c(=O)n1-c1ccccc1. The van der Waals surface area contributed by atoms with E-state index < -0.39 is 6.04 Å². The number of aryl methyl sites for hydroxylation is 1. The van der Waals surface area contributed by atoms with Crippen molar-refractivity contribution < 1.29 is 4.79 Å². The summed E-state index contributed by atoms with van der Waals surface area (Å²) in [6.07, 6.45) is 8.97. The lowest BCUT2D eigenvalue weighted by molar-refractivity contribution is 0.0938. The molecule has 0 spiro atoms. The number of para-hydroxylation sites is 1. The lowest BCUT2D eigenvalue weighted by Gasteiger charge is -2.20. The Hall–Kier alpha value is -4.96. The van der Waals surface area contributed by atoms with Crippen LogP contribution in [0, 0.1) is 6.92 Å². The molecule has 4 aromatic heterocycles. The summed E-state index contributed by atoms with van der Waals surface area (Å²) in [5.74, 6) is 0.0709. The van der Waals surface area contributed by atoms with Gasteiger partial charge in [0.2, 0.25) is 0 Å². The fraction of sp³-hybridized carbons (Fsp3) is 0.103. The van der Waals surface area contributed by atoms with E-state index in [4.69, 9.17) is 4.98 Å². The molecule has 6 rings (SSSR count). The summed E-state index contributed by atoms with van der Waals surface area (Å²) in [7, 11) is 0. The first kappa shape index (κ1) is 24.4. The van der Waals surface area contributed by atoms with Crippen molar-refractivity contribution in [3.05, 3.63) is 117 Å². The molecule has 0 fully saturated rings. The van der Waals surface area contributed by atoms with Gasteiger partial charge in [0, 0.05) is 23.5 Å². The Morgan fingerprint density at radius 2 is 1.92 bits per heavy atom. The summed E-state index contributed by atoms with van der Waals surface area (Å²) in [4.78, 5) is 41.9. The second-order valence-corrected chi connectivity index (χ2v) is 9.89. The molecule has 0 aliphatic carbocycles. The first-order valence-electron chi connectivity index (χ1n) is 12.3. The van der Waals surface area contributed by atoms with Crippen LogP contribution in [0.15, 0.2) is 83.5 Å². The highest BCUT2D eigenvalue weighted by atomic mass is 32.1. The zero-order valence-corrected chi connectivity index (χ0v) is 22.0. The maximum atomic E-state index is 14.1. The Bertz CT molecular complexity index is 1910. The van der Waals surface area contributed by atoms with Crippen molar-refractivity contribution >= 4 is 45.9 Å². The van der Waals surface area contributed by atoms with Gasteiger partial charge in [-0.05, 0) is 49.8 Å². The molecule has 192 valence electrons. The maximum absolute atomic E-state index is 14.1. The van der Waals surface area contributed by atoms with Gasteiger partial charge in [-0.3, -0.25) is 19.1 Å². The summed E-state index contributed by atoms with van der Waals surface area (Å²) >= 11 is 1.52. The minimum absolute atomic E-state index is 0.222. The van der Waals surface area contributed by atoms with Crippen LogP contribution in [0.1, 0.15) is 45.3 Å². The van der Waals surface area contributed by atoms with Crippen LogP contribution in [0.2, 0.25) is 0 Å². The second kappa shape index (κ2) is 10.1. The topological polar surface area (TPSA) is 107 Å². The molecule has 6 aromatic rings. The number of hydrogen-bond acceptors (Lipinski definition) is 7. The predicted octanol–water partition coefficient (Wildman–Crippen LogP) is 4.85. The first-order chi connectivity index (χ1) is 19.0. The first-order valence-corrected chi connectivity index (χ1v) is 13.2. The van der Waals surface area contributed by atoms with Crippen molar-refractivity contribution in [1.82, 2.24) is 34.4 Å². The predicted molar refractivity (Wildman–Crippen MR) is 152 cm³/mol. The number of carbonyl (C=O) groups excluding carboxylic acids is 1. The van der Waals surface area contributed by atoms with Crippen molar-refractivity contribution in [3.63, 3.8) is 0 Å². The van der Waals surface area contributed by atoms with Gasteiger partial charge in [0.15, 0.2) is 5.65 Å². The molecule has 1 amide bonds. The number of nitrogens with one attached hydrogen (secondary N) is 1. The van der Waals surface area contributed by atoms with E-state index in [2.05, 4.69) is 20.4 Å². The van der Waals surface area contributed by atoms with E-state index in [-0.39, 0.29) is 11.5 Å². The van der Waals surface area contributed by atoms with E-state index in [9.17, 15) is 9.59 Å². The van der Waals surface area contributed by atoms with E-state index in [0.29, 0.717) is 39.3 Å². The average Bonchev–Trinajstić information content (AvgIpc) is 3.59. The van der Waals surface area contributed by atoms with Crippen LogP contribution >= 0.6 is 11.3 Å². The summed E-state index contributed by atoms with van der Waals surface area (Å²) in [6.45, 7) is 3.58. The quantitative estimate of drug-likeness (QED) is 0.328. The van der Waals surface area contributed by atoms with Crippen molar-refractivity contribution in [3.8, 4) is 5.69 Å². The van der Waals surface area contributed by atoms with Gasteiger partial charge in [0.25, 0.3) is 11.5 Å². The highest BCUT2D eigenvalue weighted by Crippen LogP contribution is 2.23. The number of aromatic nitrogens is 6. The van der Waals surface area contributed by atoms with Gasteiger partial charge in [-0.2, -0.15) is 5.10 Å². The van der Waals surface area contributed by atoms with Crippen LogP contribution in [0.5, 0.6) is 0 Å². The molecule has 0 aliphatic rings. The number of amides is 1. The van der Waals surface area contributed by atoms with E-state index >= 15 is 0 Å². The zero-order chi connectivity index (χ0) is 26.9. The molecule has 4 heterocycles. The number of thiazole rings is 1. The normalized spacial score (nSPS) is 12.4. The van der Waals surface area contributed by atoms with Crippen molar-refractivity contribution in [1.29, 1.82) is 0 Å². The smallest absolute Gasteiger partial charge is 0.266 e. The molecule has 39 heavy (non-hydrogen) atoms. The fourth-order valence-electron chi connectivity index (χ4n) is 4.60. The number of hydrogen-bond donors (Lipinski definition) is 1. The molecule has 9 nitrogen and oxygen atoms in total. The highest BCUT2D eigenvalue weighted by Gasteiger charge is 2.24. The third kappa shape index (κ3) is 4.51. The van der Waals surface area contributed by atoms with Gasteiger partial charge >= 0.3 is 0 Å². The molecule has 2 aromatic carbocycles. The summed E-state index contributed by atoms with van der Waals surface area (Å²) in [5, 5.41) is 7.90. The van der Waals surface area contributed by atoms with Gasteiger partial charge < -0.3 is 5.32 Å². The third-order valence-electron chi connectivity index (χ3n) is 6.38. The molecule has 0 bridgehead atoms. The number of carbonyl (C=O) groups is 1. The molecule has 0 saturated carbocycles. The number of rotatable bonds is 6. The molecule has 1 atom stereocenters. The maximum Gasteiger partial charge on any atom is 0.266 e. The van der Waals surface area contributed by atoms with Crippen LogP contribution in [0.4, 0.5) is 0 Å². The minimum atomic E-state index is -0.607. The minimum Gasteiger partial charge on any atom is -0.342 e. The van der Waals surface area contributed by atoms with E-state index in [0.717, 1.165) is 10.4 Å². The molecule has 1 unspecified atom stereocenters. The van der Waals surface area contributed by atoms with Gasteiger partial charge in [-0.25, -0.2) is 14.5 Å². The fourth-order valence-corrected chi connectivity index (χ4v) is 5.12. The molecule has 0 radical (unpaired) electrons. The molecule has 1 N–H and O–H groups in total. The van der Waals surface area contributed by atoms with E-state index in [1.54, 1.807) is 46.2 Å². The van der Waals surface area contributed by atoms with Crippen molar-refractivity contribution in [2.24, 2.45) is 0 Å². The summed E-state index contributed by atoms with van der Waals surface area (Å²) < 4.78 is 3.14. The van der Waals surface area contributed by atoms with Crippen LogP contribution in [0.3, 0.4) is 0 Å². The van der Waals surface area contributed by atoms with Crippen LogP contribution in [-0.4, -0.2) is 35.0 Å². The Kier molecular flexibility index (Phi) is 6.29. The number of nitrogens with zero attached hydrogens (tertiary/aromatic N) is 6. The Labute approximate surface area is 227 Å². The lowest BCUT2D eigenvalue weighted by atomic mass is 10.1. The third-order valence-corrected chi connectivity index (χ3v) is 7.12. The molecule has 10 heteroatoms. The number of benzene rings is 2. The van der Waals surface area contributed by atoms with Crippen LogP contribution in [0.25, 0.3) is 34.4 Å². The van der Waals surface area contributed by atoms with Gasteiger partial charge in [0.1, 0.15) is 11.4 Å². The molecule has 0 aliphatic heterocycles. The summed E-state index contributed by atoms with van der Waals surface area (Å²) in [5.41, 5.74) is 4.89. The molecular weight excluding hydrogens is 510 g/mol. The average molecular weight is 534 g/mol. The van der Waals surface area contributed by atoms with Gasteiger partial charge in [-0.15, -0.1) is 11.3 Å². The van der Waals surface area contributed by atoms with Gasteiger partial charge in [0.05, 0.1) is 33.8 Å². The highest BCUT2D eigenvalue weighted by molar-refractivity contribution is 7.10. The largest absolute Gasteiger partial charge is 0.342 e. The van der Waals surface area contributed by atoms with Crippen molar-refractivity contribution in [2.75, 3.05) is 0 Å². The monoisotopic (exact) mass is 533 g/mol. The molecular formula is C29H23N7O2S. The Morgan fingerprint density at radius 3 is 2.72 bits per heavy atom.